The van der Waals surface area contributed by atoms with Crippen molar-refractivity contribution in [2.75, 3.05) is 39.3 Å². The summed E-state index contributed by atoms with van der Waals surface area (Å²) >= 11 is 0. The molecule has 1 atom stereocenters. The van der Waals surface area contributed by atoms with Gasteiger partial charge in [-0.25, -0.2) is 0 Å². The van der Waals surface area contributed by atoms with Crippen molar-refractivity contribution in [3.05, 3.63) is 29.8 Å². The Morgan fingerprint density at radius 3 is 2.65 bits per heavy atom. The SMILES string of the molecule is CC(O)CN1CCC(CNCCOc2ccc(C#N)cc2)CC1. The number of aliphatic hydroxyl groups excluding tert-OH is 1. The van der Waals surface area contributed by atoms with Crippen molar-refractivity contribution in [3.63, 3.8) is 0 Å². The lowest BCUT2D eigenvalue weighted by Crippen LogP contribution is -2.40. The molecule has 0 spiro atoms. The van der Waals surface area contributed by atoms with Crippen LogP contribution in [0.5, 0.6) is 5.75 Å². The Morgan fingerprint density at radius 2 is 2.04 bits per heavy atom. The van der Waals surface area contributed by atoms with Gasteiger partial charge < -0.3 is 20.1 Å². The van der Waals surface area contributed by atoms with Crippen LogP contribution in [0.15, 0.2) is 24.3 Å². The summed E-state index contributed by atoms with van der Waals surface area (Å²) in [5.41, 5.74) is 0.650. The van der Waals surface area contributed by atoms with Gasteiger partial charge in [0.05, 0.1) is 17.7 Å². The van der Waals surface area contributed by atoms with Crippen LogP contribution in [0.1, 0.15) is 25.3 Å². The molecule has 1 aromatic rings. The first-order chi connectivity index (χ1) is 11.2. The summed E-state index contributed by atoms with van der Waals surface area (Å²) in [5, 5.41) is 21.6. The Morgan fingerprint density at radius 1 is 1.35 bits per heavy atom. The molecule has 5 heteroatoms. The zero-order valence-corrected chi connectivity index (χ0v) is 13.9. The van der Waals surface area contributed by atoms with E-state index in [-0.39, 0.29) is 6.10 Å². The molecule has 5 nitrogen and oxygen atoms in total. The van der Waals surface area contributed by atoms with Crippen LogP contribution in [0.4, 0.5) is 0 Å². The van der Waals surface area contributed by atoms with Crippen molar-refractivity contribution in [2.45, 2.75) is 25.9 Å². The minimum absolute atomic E-state index is 0.232. The number of nitriles is 1. The van der Waals surface area contributed by atoms with Crippen LogP contribution in [0.2, 0.25) is 0 Å². The van der Waals surface area contributed by atoms with E-state index in [0.717, 1.165) is 44.4 Å². The Labute approximate surface area is 138 Å². The summed E-state index contributed by atoms with van der Waals surface area (Å²) in [4.78, 5) is 2.34. The maximum absolute atomic E-state index is 9.41. The van der Waals surface area contributed by atoms with Gasteiger partial charge in [0.15, 0.2) is 0 Å². The predicted molar refractivity (Wildman–Crippen MR) is 90.4 cm³/mol. The summed E-state index contributed by atoms with van der Waals surface area (Å²) in [6.07, 6.45) is 2.15. The average Bonchev–Trinajstić information content (AvgIpc) is 2.56. The summed E-state index contributed by atoms with van der Waals surface area (Å²) in [7, 11) is 0. The fraction of sp³-hybridized carbons (Fsp3) is 0.611. The first-order valence-corrected chi connectivity index (χ1v) is 8.41. The van der Waals surface area contributed by atoms with E-state index >= 15 is 0 Å². The molecule has 126 valence electrons. The Hall–Kier alpha value is -1.61. The van der Waals surface area contributed by atoms with Gasteiger partial charge in [-0.1, -0.05) is 0 Å². The number of likely N-dealkylation sites (tertiary alicyclic amines) is 1. The zero-order valence-electron chi connectivity index (χ0n) is 13.9. The molecular formula is C18H27N3O2. The number of ether oxygens (including phenoxy) is 1. The first kappa shape index (κ1) is 17.7. The molecular weight excluding hydrogens is 290 g/mol. The maximum atomic E-state index is 9.41. The summed E-state index contributed by atoms with van der Waals surface area (Å²) < 4.78 is 5.65. The molecule has 2 N–H and O–H groups in total. The van der Waals surface area contributed by atoms with Crippen molar-refractivity contribution >= 4 is 0 Å². The van der Waals surface area contributed by atoms with Crippen LogP contribution in [0.25, 0.3) is 0 Å². The summed E-state index contributed by atoms with van der Waals surface area (Å²) in [6, 6.07) is 9.29. The molecule has 1 fully saturated rings. The molecule has 1 heterocycles. The van der Waals surface area contributed by atoms with Gasteiger partial charge in [-0.05, 0) is 69.6 Å². The van der Waals surface area contributed by atoms with E-state index in [1.165, 1.54) is 12.8 Å². The highest BCUT2D eigenvalue weighted by molar-refractivity contribution is 5.34. The van der Waals surface area contributed by atoms with E-state index in [1.54, 1.807) is 12.1 Å². The van der Waals surface area contributed by atoms with E-state index in [9.17, 15) is 5.11 Å². The first-order valence-electron chi connectivity index (χ1n) is 8.41. The number of piperidine rings is 1. The van der Waals surface area contributed by atoms with Crippen LogP contribution in [0, 0.1) is 17.2 Å². The molecule has 1 aliphatic heterocycles. The molecule has 0 saturated carbocycles. The lowest BCUT2D eigenvalue weighted by Gasteiger charge is -2.32. The third-order valence-corrected chi connectivity index (χ3v) is 4.19. The fourth-order valence-corrected chi connectivity index (χ4v) is 2.92. The molecule has 23 heavy (non-hydrogen) atoms. The van der Waals surface area contributed by atoms with Crippen LogP contribution >= 0.6 is 0 Å². The molecule has 0 bridgehead atoms. The number of β-amino-alcohol motifs (C(OH)–C–C–N with tert-alkyl or cyclic N) is 1. The second-order valence-electron chi connectivity index (χ2n) is 6.28. The highest BCUT2D eigenvalue weighted by atomic mass is 16.5. The molecule has 1 saturated heterocycles. The second kappa shape index (κ2) is 9.51. The van der Waals surface area contributed by atoms with Gasteiger partial charge in [-0.15, -0.1) is 0 Å². The van der Waals surface area contributed by atoms with Gasteiger partial charge in [0.1, 0.15) is 12.4 Å². The smallest absolute Gasteiger partial charge is 0.119 e. The van der Waals surface area contributed by atoms with Crippen LogP contribution in [-0.4, -0.2) is 55.4 Å². The quantitative estimate of drug-likeness (QED) is 0.713. The molecule has 0 radical (unpaired) electrons. The third kappa shape index (κ3) is 6.57. The van der Waals surface area contributed by atoms with E-state index in [1.807, 2.05) is 19.1 Å². The lowest BCUT2D eigenvalue weighted by molar-refractivity contribution is 0.0996. The van der Waals surface area contributed by atoms with Crippen LogP contribution < -0.4 is 10.1 Å². The number of benzene rings is 1. The monoisotopic (exact) mass is 317 g/mol. The Kier molecular flexibility index (Phi) is 7.34. The number of aliphatic hydroxyl groups is 1. The van der Waals surface area contributed by atoms with Crippen molar-refractivity contribution in [3.8, 4) is 11.8 Å². The van der Waals surface area contributed by atoms with Gasteiger partial charge in [-0.3, -0.25) is 0 Å². The molecule has 1 unspecified atom stereocenters. The minimum atomic E-state index is -0.232. The van der Waals surface area contributed by atoms with Crippen molar-refractivity contribution in [1.29, 1.82) is 5.26 Å². The molecule has 0 aliphatic carbocycles. The highest BCUT2D eigenvalue weighted by Gasteiger charge is 2.19. The highest BCUT2D eigenvalue weighted by Crippen LogP contribution is 2.16. The van der Waals surface area contributed by atoms with Crippen LogP contribution in [0.3, 0.4) is 0 Å². The average molecular weight is 317 g/mol. The number of nitrogens with one attached hydrogen (secondary N) is 1. The molecule has 2 rings (SSSR count). The fourth-order valence-electron chi connectivity index (χ4n) is 2.92. The normalized spacial score (nSPS) is 17.6. The second-order valence-corrected chi connectivity index (χ2v) is 6.28. The van der Waals surface area contributed by atoms with Gasteiger partial charge in [0.2, 0.25) is 0 Å². The van der Waals surface area contributed by atoms with Gasteiger partial charge in [0.25, 0.3) is 0 Å². The largest absolute Gasteiger partial charge is 0.492 e. The van der Waals surface area contributed by atoms with E-state index in [2.05, 4.69) is 16.3 Å². The lowest BCUT2D eigenvalue weighted by atomic mass is 9.96. The number of rotatable bonds is 8. The Bertz CT molecular complexity index is 488. The van der Waals surface area contributed by atoms with Gasteiger partial charge in [-0.2, -0.15) is 5.26 Å². The Balaban J connectivity index is 1.53. The van der Waals surface area contributed by atoms with Crippen LogP contribution in [-0.2, 0) is 0 Å². The van der Waals surface area contributed by atoms with Gasteiger partial charge in [0, 0.05) is 13.1 Å². The molecule has 0 amide bonds. The number of hydrogen-bond acceptors (Lipinski definition) is 5. The van der Waals surface area contributed by atoms with E-state index < -0.39 is 0 Å². The predicted octanol–water partition coefficient (Wildman–Crippen LogP) is 1.62. The summed E-state index contributed by atoms with van der Waals surface area (Å²) in [5.74, 6) is 1.52. The molecule has 0 aromatic heterocycles. The summed E-state index contributed by atoms with van der Waals surface area (Å²) in [6.45, 7) is 7.29. The number of nitrogens with zero attached hydrogens (tertiary/aromatic N) is 2. The zero-order chi connectivity index (χ0) is 16.5. The minimum Gasteiger partial charge on any atom is -0.492 e. The van der Waals surface area contributed by atoms with Gasteiger partial charge >= 0.3 is 0 Å². The van der Waals surface area contributed by atoms with Crippen molar-refractivity contribution < 1.29 is 9.84 Å². The topological polar surface area (TPSA) is 68.5 Å². The molecule has 1 aromatic carbocycles. The van der Waals surface area contributed by atoms with Crippen molar-refractivity contribution in [2.24, 2.45) is 5.92 Å². The van der Waals surface area contributed by atoms with Crippen molar-refractivity contribution in [1.82, 2.24) is 10.2 Å². The molecule has 1 aliphatic rings. The van der Waals surface area contributed by atoms with E-state index in [4.69, 9.17) is 10.00 Å². The third-order valence-electron chi connectivity index (χ3n) is 4.19. The maximum Gasteiger partial charge on any atom is 0.119 e. The standard InChI is InChI=1S/C18H27N3O2/c1-15(22)14-21-9-6-17(7-10-21)13-20-8-11-23-18-4-2-16(12-19)3-5-18/h2-5,15,17,20,22H,6-11,13-14H2,1H3. The van der Waals surface area contributed by atoms with E-state index in [0.29, 0.717) is 12.2 Å². The number of hydrogen-bond donors (Lipinski definition) is 2.